The number of halogens is 4. The third-order valence-electron chi connectivity index (χ3n) is 1.82. The Morgan fingerprint density at radius 1 is 1.29 bits per heavy atom. The molecule has 0 aromatic heterocycles. The second-order valence-corrected chi connectivity index (χ2v) is 4.42. The second-order valence-electron chi connectivity index (χ2n) is 3.17. The Morgan fingerprint density at radius 3 is 2.29 bits per heavy atom. The zero-order chi connectivity index (χ0) is 10.9. The van der Waals surface area contributed by atoms with Crippen molar-refractivity contribution in [2.45, 2.75) is 19.0 Å². The van der Waals surface area contributed by atoms with Gasteiger partial charge in [-0.1, -0.05) is 6.92 Å². The van der Waals surface area contributed by atoms with Gasteiger partial charge in [-0.3, -0.25) is 0 Å². The van der Waals surface area contributed by atoms with Gasteiger partial charge in [0.05, 0.1) is 5.56 Å². The van der Waals surface area contributed by atoms with Crippen molar-refractivity contribution in [1.29, 1.82) is 0 Å². The van der Waals surface area contributed by atoms with Crippen molar-refractivity contribution in [2.24, 2.45) is 0 Å². The van der Waals surface area contributed by atoms with Crippen LogP contribution < -0.4 is 0 Å². The highest BCUT2D eigenvalue weighted by Crippen LogP contribution is 2.32. The molecule has 4 heteroatoms. The lowest BCUT2D eigenvalue weighted by atomic mass is 10.0. The minimum absolute atomic E-state index is 0.134. The van der Waals surface area contributed by atoms with Gasteiger partial charge >= 0.3 is 6.18 Å². The van der Waals surface area contributed by atoms with Crippen molar-refractivity contribution in [1.82, 2.24) is 0 Å². The number of benzene rings is 1. The van der Waals surface area contributed by atoms with Crippen LogP contribution >= 0.6 is 22.6 Å². The highest BCUT2D eigenvalue weighted by molar-refractivity contribution is 14.1. The lowest BCUT2D eigenvalue weighted by Gasteiger charge is -2.11. The van der Waals surface area contributed by atoms with Crippen molar-refractivity contribution >= 4 is 22.6 Å². The average Bonchev–Trinajstić information content (AvgIpc) is 2.01. The van der Waals surface area contributed by atoms with E-state index in [1.165, 1.54) is 0 Å². The zero-order valence-electron chi connectivity index (χ0n) is 7.53. The maximum Gasteiger partial charge on any atom is 0.416 e. The van der Waals surface area contributed by atoms with E-state index in [9.17, 15) is 13.2 Å². The standard InChI is InChI=1S/C10H9F3I/c1-6(2)7-3-8(10(11,12)13)5-9(14)4-7/h3-6H,1H2,2H3. The SMILES string of the molecule is [CH2]C(C)c1cc(I)cc(C(F)(F)F)c1. The summed E-state index contributed by atoms with van der Waals surface area (Å²) in [5, 5.41) is 0. The minimum Gasteiger partial charge on any atom is -0.166 e. The van der Waals surface area contributed by atoms with Crippen LogP contribution in [0, 0.1) is 10.5 Å². The molecule has 0 aliphatic carbocycles. The molecule has 0 spiro atoms. The lowest BCUT2D eigenvalue weighted by molar-refractivity contribution is -0.137. The first-order valence-corrected chi connectivity index (χ1v) is 5.09. The number of hydrogen-bond acceptors (Lipinski definition) is 0. The van der Waals surface area contributed by atoms with E-state index in [-0.39, 0.29) is 5.92 Å². The molecule has 1 atom stereocenters. The summed E-state index contributed by atoms with van der Waals surface area (Å²) in [6.45, 7) is 5.47. The molecule has 1 aromatic carbocycles. The van der Waals surface area contributed by atoms with E-state index in [0.717, 1.165) is 12.1 Å². The Balaban J connectivity index is 3.21. The highest BCUT2D eigenvalue weighted by atomic mass is 127. The summed E-state index contributed by atoms with van der Waals surface area (Å²) in [6, 6.07) is 4.00. The first-order valence-electron chi connectivity index (χ1n) is 4.01. The summed E-state index contributed by atoms with van der Waals surface area (Å²) >= 11 is 1.88. The van der Waals surface area contributed by atoms with E-state index in [1.807, 2.05) is 22.6 Å². The van der Waals surface area contributed by atoms with Crippen LogP contribution in [0.3, 0.4) is 0 Å². The fraction of sp³-hybridized carbons (Fsp3) is 0.300. The van der Waals surface area contributed by atoms with E-state index in [2.05, 4.69) is 6.92 Å². The minimum atomic E-state index is -4.27. The van der Waals surface area contributed by atoms with Crippen LogP contribution in [0.1, 0.15) is 24.0 Å². The average molecular weight is 313 g/mol. The first-order chi connectivity index (χ1) is 6.30. The third kappa shape index (κ3) is 2.87. The normalized spacial score (nSPS) is 12.2. The summed E-state index contributed by atoms with van der Waals surface area (Å²) in [6.07, 6.45) is -4.27. The molecule has 0 saturated carbocycles. The summed E-state index contributed by atoms with van der Waals surface area (Å²) in [4.78, 5) is 0. The predicted octanol–water partition coefficient (Wildman–Crippen LogP) is 4.25. The summed E-state index contributed by atoms with van der Waals surface area (Å²) in [5.41, 5.74) is 0.0131. The van der Waals surface area contributed by atoms with Gasteiger partial charge in [0.2, 0.25) is 0 Å². The molecule has 0 nitrogen and oxygen atoms in total. The number of rotatable bonds is 1. The molecular weight excluding hydrogens is 304 g/mol. The van der Waals surface area contributed by atoms with E-state index in [0.29, 0.717) is 9.13 Å². The van der Waals surface area contributed by atoms with E-state index in [1.54, 1.807) is 13.0 Å². The Morgan fingerprint density at radius 2 is 1.86 bits per heavy atom. The van der Waals surface area contributed by atoms with Gasteiger partial charge in [-0.05, 0) is 59.2 Å². The Labute approximate surface area is 94.6 Å². The van der Waals surface area contributed by atoms with Crippen molar-refractivity contribution in [3.8, 4) is 0 Å². The predicted molar refractivity (Wildman–Crippen MR) is 57.9 cm³/mol. The van der Waals surface area contributed by atoms with Crippen molar-refractivity contribution in [2.75, 3.05) is 0 Å². The third-order valence-corrected chi connectivity index (χ3v) is 2.44. The summed E-state index contributed by atoms with van der Waals surface area (Å²) in [7, 11) is 0. The Hall–Kier alpha value is -0.260. The molecule has 0 aliphatic rings. The van der Waals surface area contributed by atoms with E-state index >= 15 is 0 Å². The highest BCUT2D eigenvalue weighted by Gasteiger charge is 2.31. The van der Waals surface area contributed by atoms with Crippen LogP contribution in [0.4, 0.5) is 13.2 Å². The molecule has 0 N–H and O–H groups in total. The molecule has 0 amide bonds. The maximum absolute atomic E-state index is 12.4. The van der Waals surface area contributed by atoms with Gasteiger partial charge in [-0.2, -0.15) is 13.2 Å². The van der Waals surface area contributed by atoms with Crippen LogP contribution in [0.5, 0.6) is 0 Å². The van der Waals surface area contributed by atoms with Gasteiger partial charge in [0.15, 0.2) is 0 Å². The maximum atomic E-state index is 12.4. The van der Waals surface area contributed by atoms with Gasteiger partial charge in [-0.25, -0.2) is 0 Å². The zero-order valence-corrected chi connectivity index (χ0v) is 9.69. The van der Waals surface area contributed by atoms with Gasteiger partial charge < -0.3 is 0 Å². The molecule has 1 unspecified atom stereocenters. The van der Waals surface area contributed by atoms with Crippen LogP contribution in [0.2, 0.25) is 0 Å². The molecule has 77 valence electrons. The molecule has 0 fully saturated rings. The summed E-state index contributed by atoms with van der Waals surface area (Å²) < 4.78 is 37.7. The number of alkyl halides is 3. The van der Waals surface area contributed by atoms with Crippen LogP contribution in [-0.2, 0) is 6.18 Å². The van der Waals surface area contributed by atoms with Gasteiger partial charge in [0.1, 0.15) is 0 Å². The molecule has 0 bridgehead atoms. The quantitative estimate of drug-likeness (QED) is 0.680. The fourth-order valence-corrected chi connectivity index (χ4v) is 1.76. The van der Waals surface area contributed by atoms with Crippen molar-refractivity contribution < 1.29 is 13.2 Å². The fourth-order valence-electron chi connectivity index (χ4n) is 1.06. The van der Waals surface area contributed by atoms with Gasteiger partial charge in [-0.15, -0.1) is 0 Å². The first kappa shape index (κ1) is 11.8. The van der Waals surface area contributed by atoms with Crippen LogP contribution in [0.15, 0.2) is 18.2 Å². The second kappa shape index (κ2) is 4.08. The van der Waals surface area contributed by atoms with Gasteiger partial charge in [0.25, 0.3) is 0 Å². The molecular formula is C10H9F3I. The molecule has 1 rings (SSSR count). The topological polar surface area (TPSA) is 0 Å². The Bertz CT molecular complexity index is 329. The molecule has 1 radical (unpaired) electrons. The van der Waals surface area contributed by atoms with Crippen LogP contribution in [-0.4, -0.2) is 0 Å². The molecule has 0 saturated heterocycles. The van der Waals surface area contributed by atoms with Crippen molar-refractivity contribution in [3.63, 3.8) is 0 Å². The Kier molecular flexibility index (Phi) is 3.44. The van der Waals surface area contributed by atoms with E-state index < -0.39 is 11.7 Å². The molecule has 0 heterocycles. The largest absolute Gasteiger partial charge is 0.416 e. The summed E-state index contributed by atoms with van der Waals surface area (Å²) in [5.74, 6) is -0.134. The molecule has 0 aliphatic heterocycles. The van der Waals surface area contributed by atoms with Crippen molar-refractivity contribution in [3.05, 3.63) is 39.8 Å². The smallest absolute Gasteiger partial charge is 0.166 e. The number of hydrogen-bond donors (Lipinski definition) is 0. The monoisotopic (exact) mass is 313 g/mol. The molecule has 14 heavy (non-hydrogen) atoms. The van der Waals surface area contributed by atoms with Crippen LogP contribution in [0.25, 0.3) is 0 Å². The lowest BCUT2D eigenvalue weighted by Crippen LogP contribution is -2.06. The molecule has 1 aromatic rings. The van der Waals surface area contributed by atoms with Gasteiger partial charge in [0, 0.05) is 3.57 Å². The van der Waals surface area contributed by atoms with E-state index in [4.69, 9.17) is 0 Å².